The zero-order valence-electron chi connectivity index (χ0n) is 9.11. The number of para-hydroxylation sites is 1. The molecule has 18 heavy (non-hydrogen) atoms. The van der Waals surface area contributed by atoms with Crippen LogP contribution in [0.3, 0.4) is 0 Å². The number of nitrogens with zero attached hydrogens (tertiary/aromatic N) is 1. The van der Waals surface area contributed by atoms with Gasteiger partial charge in [-0.05, 0) is 24.3 Å². The molecular formula is C12H9ClF2N2S. The molecule has 2 nitrogen and oxygen atoms in total. The van der Waals surface area contributed by atoms with Gasteiger partial charge >= 0.3 is 0 Å². The second kappa shape index (κ2) is 6.02. The molecule has 0 radical (unpaired) electrons. The molecule has 0 unspecified atom stereocenters. The van der Waals surface area contributed by atoms with Crippen molar-refractivity contribution in [3.8, 4) is 0 Å². The number of hydrogen-bond donors (Lipinski definition) is 1. The topological polar surface area (TPSA) is 24.9 Å². The second-order valence-corrected chi connectivity index (χ2v) is 4.76. The largest absolute Gasteiger partial charge is 0.339 e. The first-order chi connectivity index (χ1) is 8.65. The third-order valence-electron chi connectivity index (χ3n) is 2.08. The van der Waals surface area contributed by atoms with E-state index in [1.807, 2.05) is 0 Å². The van der Waals surface area contributed by atoms with Gasteiger partial charge in [-0.3, -0.25) is 0 Å². The van der Waals surface area contributed by atoms with E-state index in [0.29, 0.717) is 33.3 Å². The smallest absolute Gasteiger partial charge is 0.288 e. The van der Waals surface area contributed by atoms with Gasteiger partial charge in [0.1, 0.15) is 11.0 Å². The van der Waals surface area contributed by atoms with Crippen LogP contribution in [0, 0.1) is 0 Å². The number of pyridine rings is 1. The van der Waals surface area contributed by atoms with E-state index in [1.165, 1.54) is 0 Å². The predicted octanol–water partition coefficient (Wildman–Crippen LogP) is 4.79. The summed E-state index contributed by atoms with van der Waals surface area (Å²) < 4.78 is 24.8. The van der Waals surface area contributed by atoms with E-state index in [2.05, 4.69) is 10.3 Å². The Morgan fingerprint density at radius 1 is 1.11 bits per heavy atom. The minimum atomic E-state index is -2.46. The maximum Gasteiger partial charge on any atom is 0.288 e. The summed E-state index contributed by atoms with van der Waals surface area (Å²) in [7, 11) is 0. The number of hydrogen-bond acceptors (Lipinski definition) is 3. The Morgan fingerprint density at radius 3 is 2.61 bits per heavy atom. The Labute approximate surface area is 112 Å². The molecule has 0 atom stereocenters. The van der Waals surface area contributed by atoms with E-state index >= 15 is 0 Å². The number of alkyl halides is 2. The van der Waals surface area contributed by atoms with Crippen molar-refractivity contribution in [3.05, 3.63) is 47.6 Å². The van der Waals surface area contributed by atoms with Crippen LogP contribution in [0.15, 0.2) is 47.4 Å². The lowest BCUT2D eigenvalue weighted by Gasteiger charge is -2.10. The molecule has 1 N–H and O–H groups in total. The molecule has 0 aliphatic carbocycles. The average Bonchev–Trinajstić information content (AvgIpc) is 2.31. The third-order valence-corrected chi connectivity index (χ3v) is 3.08. The summed E-state index contributed by atoms with van der Waals surface area (Å²) in [6, 6.07) is 11.9. The van der Waals surface area contributed by atoms with E-state index in [1.54, 1.807) is 42.5 Å². The van der Waals surface area contributed by atoms with Gasteiger partial charge in [-0.2, -0.15) is 8.78 Å². The number of halogens is 3. The summed E-state index contributed by atoms with van der Waals surface area (Å²) in [4.78, 5) is 4.51. The molecule has 2 rings (SSSR count). The second-order valence-electron chi connectivity index (χ2n) is 3.35. The van der Waals surface area contributed by atoms with Gasteiger partial charge in [0.15, 0.2) is 0 Å². The monoisotopic (exact) mass is 286 g/mol. The molecule has 1 aromatic carbocycles. The predicted molar refractivity (Wildman–Crippen MR) is 70.8 cm³/mol. The lowest BCUT2D eigenvalue weighted by atomic mass is 10.3. The molecule has 0 spiro atoms. The molecule has 0 aliphatic heterocycles. The molecular weight excluding hydrogens is 278 g/mol. The maximum absolute atomic E-state index is 12.4. The summed E-state index contributed by atoms with van der Waals surface area (Å²) in [5.41, 5.74) is 0.581. The summed E-state index contributed by atoms with van der Waals surface area (Å²) in [6.45, 7) is 0. The molecule has 6 heteroatoms. The molecule has 0 amide bonds. The van der Waals surface area contributed by atoms with Crippen LogP contribution in [0.25, 0.3) is 0 Å². The van der Waals surface area contributed by atoms with E-state index in [0.717, 1.165) is 0 Å². The molecule has 0 saturated heterocycles. The van der Waals surface area contributed by atoms with Crippen LogP contribution < -0.4 is 5.32 Å². The molecule has 0 fully saturated rings. The third kappa shape index (κ3) is 3.58. The zero-order chi connectivity index (χ0) is 13.0. The van der Waals surface area contributed by atoms with Gasteiger partial charge in [0, 0.05) is 4.90 Å². The summed E-state index contributed by atoms with van der Waals surface area (Å²) >= 11 is 6.25. The highest BCUT2D eigenvalue weighted by atomic mass is 35.5. The fraction of sp³-hybridized carbons (Fsp3) is 0.0833. The maximum atomic E-state index is 12.4. The lowest BCUT2D eigenvalue weighted by molar-refractivity contribution is 0.252. The minimum Gasteiger partial charge on any atom is -0.339 e. The zero-order valence-corrected chi connectivity index (χ0v) is 10.7. The molecule has 2 aromatic rings. The minimum absolute atomic E-state index is 0.346. The van der Waals surface area contributed by atoms with Crippen molar-refractivity contribution in [1.82, 2.24) is 4.98 Å². The molecule has 94 valence electrons. The molecule has 1 aromatic heterocycles. The summed E-state index contributed by atoms with van der Waals surface area (Å²) in [5.74, 6) is -1.94. The number of nitrogens with one attached hydrogen (secondary N) is 1. The first kappa shape index (κ1) is 13.1. The first-order valence-electron chi connectivity index (χ1n) is 5.08. The van der Waals surface area contributed by atoms with E-state index < -0.39 is 5.76 Å². The van der Waals surface area contributed by atoms with E-state index in [9.17, 15) is 8.78 Å². The van der Waals surface area contributed by atoms with Crippen LogP contribution in [0.5, 0.6) is 0 Å². The molecule has 1 heterocycles. The highest BCUT2D eigenvalue weighted by Gasteiger charge is 2.09. The summed E-state index contributed by atoms with van der Waals surface area (Å²) in [5, 5.41) is 3.32. The fourth-order valence-electron chi connectivity index (χ4n) is 1.38. The molecule has 0 aliphatic rings. The van der Waals surface area contributed by atoms with Gasteiger partial charge in [0.25, 0.3) is 5.76 Å². The van der Waals surface area contributed by atoms with Crippen LogP contribution in [0.2, 0.25) is 5.15 Å². The highest BCUT2D eigenvalue weighted by Crippen LogP contribution is 2.33. The Morgan fingerprint density at radius 2 is 1.89 bits per heavy atom. The Hall–Kier alpha value is -1.33. The van der Waals surface area contributed by atoms with Crippen molar-refractivity contribution in [2.24, 2.45) is 0 Å². The first-order valence-corrected chi connectivity index (χ1v) is 6.34. The molecule has 0 saturated carbocycles. The van der Waals surface area contributed by atoms with Gasteiger partial charge in [-0.15, -0.1) is 0 Å². The highest BCUT2D eigenvalue weighted by molar-refractivity contribution is 7.99. The van der Waals surface area contributed by atoms with Crippen molar-refractivity contribution < 1.29 is 8.78 Å². The van der Waals surface area contributed by atoms with Crippen molar-refractivity contribution in [2.45, 2.75) is 10.7 Å². The quantitative estimate of drug-likeness (QED) is 0.646. The van der Waals surface area contributed by atoms with Gasteiger partial charge in [-0.1, -0.05) is 41.6 Å². The standard InChI is InChI=1S/C12H9ClF2N2S/c13-10-6-3-7-11(17-10)16-8-4-1-2-5-9(8)18-12(14)15/h1-7,12H,(H,16,17). The van der Waals surface area contributed by atoms with Crippen molar-refractivity contribution >= 4 is 34.9 Å². The number of thioether (sulfide) groups is 1. The Kier molecular flexibility index (Phi) is 4.38. The number of rotatable bonds is 4. The van der Waals surface area contributed by atoms with Crippen molar-refractivity contribution in [2.75, 3.05) is 5.32 Å². The van der Waals surface area contributed by atoms with Crippen LogP contribution >= 0.6 is 23.4 Å². The number of benzene rings is 1. The number of aromatic nitrogens is 1. The van der Waals surface area contributed by atoms with Gasteiger partial charge in [0.05, 0.1) is 5.69 Å². The van der Waals surface area contributed by atoms with Crippen LogP contribution in [0.1, 0.15) is 0 Å². The lowest BCUT2D eigenvalue weighted by Crippen LogP contribution is -1.95. The average molecular weight is 287 g/mol. The fourth-order valence-corrected chi connectivity index (χ4v) is 2.14. The van der Waals surface area contributed by atoms with Gasteiger partial charge < -0.3 is 5.32 Å². The van der Waals surface area contributed by atoms with Crippen molar-refractivity contribution in [1.29, 1.82) is 0 Å². The van der Waals surface area contributed by atoms with Gasteiger partial charge in [-0.25, -0.2) is 4.98 Å². The van der Waals surface area contributed by atoms with Crippen LogP contribution in [-0.4, -0.2) is 10.7 Å². The number of anilines is 2. The molecule has 0 bridgehead atoms. The van der Waals surface area contributed by atoms with Crippen LogP contribution in [0.4, 0.5) is 20.3 Å². The van der Waals surface area contributed by atoms with E-state index in [-0.39, 0.29) is 0 Å². The van der Waals surface area contributed by atoms with Gasteiger partial charge in [0.2, 0.25) is 0 Å². The Bertz CT molecular complexity index is 537. The SMILES string of the molecule is FC(F)Sc1ccccc1Nc1cccc(Cl)n1. The van der Waals surface area contributed by atoms with Crippen molar-refractivity contribution in [3.63, 3.8) is 0 Å². The van der Waals surface area contributed by atoms with E-state index in [4.69, 9.17) is 11.6 Å². The van der Waals surface area contributed by atoms with Crippen LogP contribution in [-0.2, 0) is 0 Å². The summed E-state index contributed by atoms with van der Waals surface area (Å²) in [6.07, 6.45) is 0. The Balaban J connectivity index is 2.23. The normalized spacial score (nSPS) is 10.7.